The SMILES string of the molecule is CC(C)=CCCC1(C)C=Cc2c(O)c3c(c(CC=C(C)C)c2O1)OC12C(=CCCC1C(C)(C)OC2(CC=C(C)C(=O)O)C(=O)O)C3=O.CC1(C)C(=O)C=CC2(C)C1=C(O)C(=O)C1(C)C2CCC2(C)C(c3ccoc3)CC3OC321. The second-order valence-corrected chi connectivity index (χ2v) is 26.0. The summed E-state index contributed by atoms with van der Waals surface area (Å²) in [5.74, 6) is -3.84. The van der Waals surface area contributed by atoms with Gasteiger partial charge in [0.25, 0.3) is 0 Å². The first-order valence-electron chi connectivity index (χ1n) is 27.6. The maximum atomic E-state index is 14.7. The van der Waals surface area contributed by atoms with Crippen LogP contribution >= 0.6 is 0 Å². The molecule has 11 atom stereocenters. The molecule has 5 heterocycles. The van der Waals surface area contributed by atoms with Crippen LogP contribution in [-0.4, -0.2) is 83.8 Å². The Morgan fingerprint density at radius 2 is 1.54 bits per heavy atom. The number of carboxylic acids is 2. The number of ketones is 3. The van der Waals surface area contributed by atoms with Crippen molar-refractivity contribution in [3.8, 4) is 17.2 Å². The number of Topliss-reactive ketones (excluding diaryl/α,β-unsaturated/α-hetero) is 2. The van der Waals surface area contributed by atoms with E-state index in [9.17, 15) is 44.4 Å². The van der Waals surface area contributed by atoms with Gasteiger partial charge in [0.2, 0.25) is 11.4 Å². The third kappa shape index (κ3) is 7.28. The molecule has 0 amide bonds. The highest BCUT2D eigenvalue weighted by Crippen LogP contribution is 2.81. The fourth-order valence-corrected chi connectivity index (χ4v) is 16.4. The Kier molecular flexibility index (Phi) is 12.6. The summed E-state index contributed by atoms with van der Waals surface area (Å²) in [4.78, 5) is 66.8. The highest BCUT2D eigenvalue weighted by Gasteiger charge is 2.87. The van der Waals surface area contributed by atoms with E-state index in [1.54, 1.807) is 38.3 Å². The minimum Gasteiger partial charge on any atom is -0.506 e. The lowest BCUT2D eigenvalue weighted by Gasteiger charge is -2.62. The van der Waals surface area contributed by atoms with Crippen molar-refractivity contribution in [2.45, 2.75) is 188 Å². The fourth-order valence-electron chi connectivity index (χ4n) is 16.4. The van der Waals surface area contributed by atoms with E-state index in [-0.39, 0.29) is 75.3 Å². The Labute approximate surface area is 457 Å². The second kappa shape index (κ2) is 17.9. The third-order valence-electron chi connectivity index (χ3n) is 20.2. The van der Waals surface area contributed by atoms with E-state index >= 15 is 0 Å². The molecule has 2 saturated carbocycles. The molecule has 2 saturated heterocycles. The smallest absolute Gasteiger partial charge is 0.340 e. The van der Waals surface area contributed by atoms with E-state index in [2.05, 4.69) is 19.9 Å². The number of phenolic OH excluding ortho intramolecular Hbond substituents is 1. The molecule has 4 aliphatic heterocycles. The van der Waals surface area contributed by atoms with E-state index < -0.39 is 67.9 Å². The van der Waals surface area contributed by atoms with Crippen LogP contribution in [0.2, 0.25) is 0 Å². The molecule has 11 rings (SSSR count). The van der Waals surface area contributed by atoms with Crippen LogP contribution in [0.25, 0.3) is 6.08 Å². The van der Waals surface area contributed by atoms with E-state index in [0.29, 0.717) is 48.1 Å². The van der Waals surface area contributed by atoms with Gasteiger partial charge in [-0.3, -0.25) is 14.4 Å². The van der Waals surface area contributed by atoms with Crippen LogP contribution in [0.1, 0.15) is 174 Å². The van der Waals surface area contributed by atoms with Gasteiger partial charge in [-0.25, -0.2) is 9.59 Å². The van der Waals surface area contributed by atoms with Crippen molar-refractivity contribution in [1.82, 2.24) is 0 Å². The summed E-state index contributed by atoms with van der Waals surface area (Å²) in [7, 11) is 0. The Balaban J connectivity index is 0.000000191. The Morgan fingerprint density at radius 1 is 0.833 bits per heavy atom. The van der Waals surface area contributed by atoms with Gasteiger partial charge in [-0.1, -0.05) is 55.4 Å². The summed E-state index contributed by atoms with van der Waals surface area (Å²) in [6.45, 7) is 24.9. The lowest BCUT2D eigenvalue weighted by molar-refractivity contribution is -0.184. The number of aromatic hydroxyl groups is 1. The Bertz CT molecular complexity index is 3200. The number of aliphatic hydroxyl groups is 1. The van der Waals surface area contributed by atoms with Crippen molar-refractivity contribution in [3.63, 3.8) is 0 Å². The molecule has 0 radical (unpaired) electrons. The second-order valence-electron chi connectivity index (χ2n) is 26.0. The van der Waals surface area contributed by atoms with Crippen molar-refractivity contribution < 1.29 is 67.8 Å². The number of hydrogen-bond acceptors (Lipinski definition) is 12. The van der Waals surface area contributed by atoms with Gasteiger partial charge in [-0.15, -0.1) is 0 Å². The van der Waals surface area contributed by atoms with Crippen LogP contribution in [0.3, 0.4) is 0 Å². The molecule has 4 N–H and O–H groups in total. The summed E-state index contributed by atoms with van der Waals surface area (Å²) in [6, 6.07) is 2.03. The van der Waals surface area contributed by atoms with Gasteiger partial charge in [-0.2, -0.15) is 0 Å². The van der Waals surface area contributed by atoms with Crippen LogP contribution in [0.4, 0.5) is 0 Å². The summed E-state index contributed by atoms with van der Waals surface area (Å²) in [5, 5.41) is 43.8. The molecule has 0 bridgehead atoms. The normalized spacial score (nSPS) is 36.8. The molecule has 2 aromatic rings. The quantitative estimate of drug-likeness (QED) is 0.0988. The molecule has 416 valence electrons. The number of carbonyl (C=O) groups excluding carboxylic acids is 3. The lowest BCUT2D eigenvalue weighted by atomic mass is 9.39. The zero-order valence-electron chi connectivity index (χ0n) is 47.4. The predicted molar refractivity (Wildman–Crippen MR) is 291 cm³/mol. The Hall–Kier alpha value is -6.25. The number of hydrogen-bond donors (Lipinski definition) is 4. The summed E-state index contributed by atoms with van der Waals surface area (Å²) >= 11 is 0. The van der Waals surface area contributed by atoms with Crippen molar-refractivity contribution in [2.24, 2.45) is 33.5 Å². The summed E-state index contributed by atoms with van der Waals surface area (Å²) < 4.78 is 32.1. The molecule has 14 heteroatoms. The lowest BCUT2D eigenvalue weighted by Crippen LogP contribution is -2.66. The first kappa shape index (κ1) is 55.1. The average molecular weight is 1070 g/mol. The molecule has 78 heavy (non-hydrogen) atoms. The number of carboxylic acid groups (broad SMARTS) is 2. The van der Waals surface area contributed by atoms with Crippen LogP contribution < -0.4 is 9.47 Å². The Morgan fingerprint density at radius 3 is 2.18 bits per heavy atom. The van der Waals surface area contributed by atoms with E-state index in [4.69, 9.17) is 23.4 Å². The number of fused-ring (bicyclic) bond motifs is 5. The molecule has 11 unspecified atom stereocenters. The third-order valence-corrected chi connectivity index (χ3v) is 20.2. The number of aliphatic hydroxyl groups excluding tert-OH is 1. The van der Waals surface area contributed by atoms with Gasteiger partial charge in [0.1, 0.15) is 34.0 Å². The molecule has 14 nitrogen and oxygen atoms in total. The van der Waals surface area contributed by atoms with Crippen LogP contribution in [0.5, 0.6) is 17.2 Å². The van der Waals surface area contributed by atoms with E-state index in [1.807, 2.05) is 85.9 Å². The number of epoxide rings is 1. The molecule has 9 aliphatic rings. The number of aliphatic carboxylic acids is 2. The monoisotopic (exact) mass is 1070 g/mol. The molecule has 2 spiro atoms. The number of benzene rings is 1. The van der Waals surface area contributed by atoms with Gasteiger partial charge < -0.3 is 43.8 Å². The summed E-state index contributed by atoms with van der Waals surface area (Å²) in [6.07, 6.45) is 22.9. The maximum absolute atomic E-state index is 14.7. The van der Waals surface area contributed by atoms with Crippen LogP contribution in [0, 0.1) is 33.5 Å². The highest BCUT2D eigenvalue weighted by molar-refractivity contribution is 6.17. The van der Waals surface area contributed by atoms with E-state index in [0.717, 1.165) is 31.3 Å². The minimum atomic E-state index is -2.16. The van der Waals surface area contributed by atoms with Gasteiger partial charge >= 0.3 is 11.9 Å². The van der Waals surface area contributed by atoms with Crippen molar-refractivity contribution in [2.75, 3.05) is 0 Å². The van der Waals surface area contributed by atoms with Crippen molar-refractivity contribution in [1.29, 1.82) is 0 Å². The number of rotatable bonds is 10. The minimum absolute atomic E-state index is 0.00527. The first-order chi connectivity index (χ1) is 36.4. The number of phenols is 1. The molecule has 4 fully saturated rings. The van der Waals surface area contributed by atoms with Gasteiger partial charge in [0.15, 0.2) is 22.9 Å². The van der Waals surface area contributed by atoms with Crippen LogP contribution in [0.15, 0.2) is 99.2 Å². The number of ether oxygens (including phenoxy) is 4. The van der Waals surface area contributed by atoms with Crippen molar-refractivity contribution >= 4 is 35.4 Å². The molecule has 5 aliphatic carbocycles. The number of carbonyl (C=O) groups is 5. The standard InChI is InChI=1S/C38H46O9.C26H30O5/c1-21(2)11-10-18-36(8)19-17-24-29(39)28-30(40)26-12-9-13-27-35(6,7)47-37(34(43)44,20-16-23(5)33(41)42)38(26,27)46-32(28)25(31(24)45-36)15-14-22(3)4;1-22(2)17(27)7-9-23(3)16-6-10-24(4)15(14-8-11-30-13-14)12-18-26(24,31-18)25(16,5)21(29)19(28)20(22)23/h11-12,14,16-17,19,27,39H,9-10,13,15,18,20H2,1-8H3,(H,41,42)(H,43,44);7-9,11,13,15-16,18,28H,6,10,12H2,1-5H3. The van der Waals surface area contributed by atoms with Crippen LogP contribution in [-0.2, 0) is 35.1 Å². The average Bonchev–Trinajstić information content (AvgIpc) is 2.60. The number of allylic oxidation sites excluding steroid dienone is 9. The first-order valence-corrected chi connectivity index (χ1v) is 27.6. The molecular formula is C64H76O14. The number of furan rings is 1. The van der Waals surface area contributed by atoms with Crippen molar-refractivity contribution in [3.05, 3.63) is 117 Å². The maximum Gasteiger partial charge on any atom is 0.340 e. The topological polar surface area (TPSA) is 220 Å². The van der Waals surface area contributed by atoms with Gasteiger partial charge in [0.05, 0.1) is 40.6 Å². The largest absolute Gasteiger partial charge is 0.506 e. The zero-order valence-corrected chi connectivity index (χ0v) is 47.4. The molecule has 1 aromatic heterocycles. The highest BCUT2D eigenvalue weighted by atomic mass is 16.6. The van der Waals surface area contributed by atoms with E-state index in [1.165, 1.54) is 24.1 Å². The molecule has 1 aromatic carbocycles. The predicted octanol–water partition coefficient (Wildman–Crippen LogP) is 12.4. The van der Waals surface area contributed by atoms with Gasteiger partial charge in [-0.05, 0) is 175 Å². The molecular weight excluding hydrogens is 993 g/mol. The summed E-state index contributed by atoms with van der Waals surface area (Å²) in [5.41, 5.74) is -4.07. The zero-order chi connectivity index (χ0) is 56.9. The van der Waals surface area contributed by atoms with Gasteiger partial charge in [0, 0.05) is 39.9 Å². The fraction of sp³-hybridized carbons (Fsp3) is 0.547.